The van der Waals surface area contributed by atoms with E-state index >= 15 is 0 Å². The fraction of sp³-hybridized carbons (Fsp3) is 0.385. The molecule has 1 aromatic heterocycles. The van der Waals surface area contributed by atoms with Crippen LogP contribution in [0.1, 0.15) is 13.8 Å². The first kappa shape index (κ1) is 12.2. The minimum absolute atomic E-state index is 0.0168. The van der Waals surface area contributed by atoms with Gasteiger partial charge in [0.25, 0.3) is 5.56 Å². The summed E-state index contributed by atoms with van der Waals surface area (Å²) in [5.41, 5.74) is 0.750. The minimum atomic E-state index is -0.0168. The first-order valence-electron chi connectivity index (χ1n) is 5.58. The predicted octanol–water partition coefficient (Wildman–Crippen LogP) is 2.35. The largest absolute Gasteiger partial charge is 0.298 e. The van der Waals surface area contributed by atoms with Crippen LogP contribution in [0.25, 0.3) is 10.9 Å². The zero-order chi connectivity index (χ0) is 12.5. The molecule has 17 heavy (non-hydrogen) atoms. The molecule has 0 fully saturated rings. The maximum atomic E-state index is 12.2. The Labute approximate surface area is 106 Å². The summed E-state index contributed by atoms with van der Waals surface area (Å²) in [5, 5.41) is 0.671. The molecule has 0 saturated carbocycles. The molecule has 0 atom stereocenters. The zero-order valence-corrected chi connectivity index (χ0v) is 10.9. The zero-order valence-electron chi connectivity index (χ0n) is 10.1. The molecule has 0 aliphatic heterocycles. The Balaban J connectivity index is 2.50. The summed E-state index contributed by atoms with van der Waals surface area (Å²) >= 11 is 4.30. The van der Waals surface area contributed by atoms with Crippen LogP contribution in [-0.4, -0.2) is 15.3 Å². The third-order valence-electron chi connectivity index (χ3n) is 2.76. The second-order valence-corrected chi connectivity index (χ2v) is 5.33. The number of hydrogen-bond donors (Lipinski definition) is 1. The Kier molecular flexibility index (Phi) is 3.24. The van der Waals surface area contributed by atoms with Crippen molar-refractivity contribution in [1.29, 1.82) is 0 Å². The van der Waals surface area contributed by atoms with E-state index in [1.165, 1.54) is 0 Å². The fourth-order valence-electron chi connectivity index (χ4n) is 1.73. The van der Waals surface area contributed by atoms with Crippen molar-refractivity contribution >= 4 is 23.5 Å². The van der Waals surface area contributed by atoms with Crippen LogP contribution in [-0.2, 0) is 6.54 Å². The normalized spacial score (nSPS) is 11.9. The number of fused-ring (bicyclic) bond motifs is 1. The van der Waals surface area contributed by atoms with Crippen molar-refractivity contribution in [3.05, 3.63) is 40.9 Å². The lowest BCUT2D eigenvalue weighted by molar-refractivity contribution is 0.346. The summed E-state index contributed by atoms with van der Waals surface area (Å²) in [6, 6.07) is 7.41. The molecule has 0 N–H and O–H groups in total. The average molecular weight is 248 g/mol. The maximum Gasteiger partial charge on any atom is 0.261 e. The van der Waals surface area contributed by atoms with Crippen molar-refractivity contribution in [2.45, 2.75) is 20.4 Å². The molecule has 0 saturated heterocycles. The van der Waals surface area contributed by atoms with Crippen LogP contribution in [0.2, 0.25) is 0 Å². The second-order valence-electron chi connectivity index (χ2n) is 5.02. The molecule has 1 heterocycles. The molecule has 0 aliphatic carbocycles. The lowest BCUT2D eigenvalue weighted by Crippen LogP contribution is -2.29. The average Bonchev–Trinajstić information content (AvgIpc) is 2.33. The molecule has 0 bridgehead atoms. The Bertz CT molecular complexity index is 589. The number of nitrogens with zero attached hydrogens (tertiary/aromatic N) is 2. The van der Waals surface area contributed by atoms with Crippen LogP contribution in [0.15, 0.2) is 35.4 Å². The van der Waals surface area contributed by atoms with E-state index in [9.17, 15) is 4.79 Å². The van der Waals surface area contributed by atoms with E-state index < -0.39 is 0 Å². The van der Waals surface area contributed by atoms with Crippen molar-refractivity contribution in [2.24, 2.45) is 5.41 Å². The Morgan fingerprint density at radius 2 is 2.06 bits per heavy atom. The Morgan fingerprint density at radius 3 is 2.76 bits per heavy atom. The minimum Gasteiger partial charge on any atom is -0.298 e. The molecular weight excluding hydrogens is 232 g/mol. The molecule has 90 valence electrons. The third-order valence-corrected chi connectivity index (χ3v) is 3.61. The fourth-order valence-corrected chi connectivity index (χ4v) is 1.83. The van der Waals surface area contributed by atoms with Crippen LogP contribution in [0.4, 0.5) is 0 Å². The second kappa shape index (κ2) is 4.53. The molecule has 2 aromatic rings. The first-order valence-corrected chi connectivity index (χ1v) is 6.22. The van der Waals surface area contributed by atoms with Crippen molar-refractivity contribution in [2.75, 3.05) is 5.75 Å². The Morgan fingerprint density at radius 1 is 1.35 bits per heavy atom. The monoisotopic (exact) mass is 248 g/mol. The third kappa shape index (κ3) is 2.52. The molecule has 0 spiro atoms. The van der Waals surface area contributed by atoms with E-state index in [4.69, 9.17) is 0 Å². The summed E-state index contributed by atoms with van der Waals surface area (Å²) in [6.45, 7) is 4.80. The SMILES string of the molecule is CC(C)(CS)Cn1cnc2ccccc2c1=O. The van der Waals surface area contributed by atoms with Crippen molar-refractivity contribution in [3.8, 4) is 0 Å². The molecule has 0 amide bonds. The van der Waals surface area contributed by atoms with E-state index in [1.54, 1.807) is 10.9 Å². The van der Waals surface area contributed by atoms with Crippen LogP contribution in [0, 0.1) is 5.41 Å². The van der Waals surface area contributed by atoms with E-state index in [0.29, 0.717) is 11.9 Å². The highest BCUT2D eigenvalue weighted by atomic mass is 32.1. The number of aromatic nitrogens is 2. The first-order chi connectivity index (χ1) is 8.03. The molecule has 0 unspecified atom stereocenters. The lowest BCUT2D eigenvalue weighted by Gasteiger charge is -2.22. The molecule has 1 aromatic carbocycles. The van der Waals surface area contributed by atoms with Gasteiger partial charge in [-0.2, -0.15) is 12.6 Å². The van der Waals surface area contributed by atoms with E-state index in [-0.39, 0.29) is 11.0 Å². The molecular formula is C13H16N2OS. The van der Waals surface area contributed by atoms with Crippen LogP contribution < -0.4 is 5.56 Å². The lowest BCUT2D eigenvalue weighted by atomic mass is 9.96. The predicted molar refractivity (Wildman–Crippen MR) is 73.6 cm³/mol. The van der Waals surface area contributed by atoms with E-state index in [2.05, 4.69) is 31.5 Å². The molecule has 3 nitrogen and oxygen atoms in total. The molecule has 0 aliphatic rings. The van der Waals surface area contributed by atoms with Crippen LogP contribution in [0.5, 0.6) is 0 Å². The van der Waals surface area contributed by atoms with Crippen LogP contribution in [0.3, 0.4) is 0 Å². The van der Waals surface area contributed by atoms with Gasteiger partial charge in [0.2, 0.25) is 0 Å². The number of thiol groups is 1. The highest BCUT2D eigenvalue weighted by molar-refractivity contribution is 7.80. The number of para-hydroxylation sites is 1. The van der Waals surface area contributed by atoms with Crippen molar-refractivity contribution in [3.63, 3.8) is 0 Å². The topological polar surface area (TPSA) is 34.9 Å². The molecule has 0 radical (unpaired) electrons. The summed E-state index contributed by atoms with van der Waals surface area (Å²) in [7, 11) is 0. The van der Waals surface area contributed by atoms with Gasteiger partial charge in [-0.25, -0.2) is 4.98 Å². The van der Waals surface area contributed by atoms with Gasteiger partial charge in [0.05, 0.1) is 17.2 Å². The number of hydrogen-bond acceptors (Lipinski definition) is 3. The van der Waals surface area contributed by atoms with Gasteiger partial charge >= 0.3 is 0 Å². The van der Waals surface area contributed by atoms with Crippen molar-refractivity contribution < 1.29 is 0 Å². The Hall–Kier alpha value is -1.29. The van der Waals surface area contributed by atoms with Gasteiger partial charge in [0.1, 0.15) is 0 Å². The highest BCUT2D eigenvalue weighted by Crippen LogP contribution is 2.18. The van der Waals surface area contributed by atoms with E-state index in [1.807, 2.05) is 24.3 Å². The van der Waals surface area contributed by atoms with Crippen LogP contribution >= 0.6 is 12.6 Å². The van der Waals surface area contributed by atoms with E-state index in [0.717, 1.165) is 11.3 Å². The van der Waals surface area contributed by atoms with Gasteiger partial charge in [-0.05, 0) is 23.3 Å². The van der Waals surface area contributed by atoms with Gasteiger partial charge in [-0.1, -0.05) is 26.0 Å². The molecule has 4 heteroatoms. The smallest absolute Gasteiger partial charge is 0.261 e. The van der Waals surface area contributed by atoms with Gasteiger partial charge in [0.15, 0.2) is 0 Å². The number of benzene rings is 1. The summed E-state index contributed by atoms with van der Waals surface area (Å²) in [5.74, 6) is 0.728. The summed E-state index contributed by atoms with van der Waals surface area (Å²) in [6.07, 6.45) is 1.62. The maximum absolute atomic E-state index is 12.2. The van der Waals surface area contributed by atoms with Gasteiger partial charge in [0, 0.05) is 6.54 Å². The van der Waals surface area contributed by atoms with Gasteiger partial charge in [-0.3, -0.25) is 9.36 Å². The quantitative estimate of drug-likeness (QED) is 0.846. The molecule has 2 rings (SSSR count). The van der Waals surface area contributed by atoms with Crippen molar-refractivity contribution in [1.82, 2.24) is 9.55 Å². The summed E-state index contributed by atoms with van der Waals surface area (Å²) < 4.78 is 1.67. The van der Waals surface area contributed by atoms with Gasteiger partial charge < -0.3 is 0 Å². The highest BCUT2D eigenvalue weighted by Gasteiger charge is 2.17. The summed E-state index contributed by atoms with van der Waals surface area (Å²) in [4.78, 5) is 16.5. The number of rotatable bonds is 3. The van der Waals surface area contributed by atoms with Gasteiger partial charge in [-0.15, -0.1) is 0 Å². The standard InChI is InChI=1S/C13H16N2OS/c1-13(2,8-17)7-15-9-14-11-6-4-3-5-10(11)12(15)16/h3-6,9,17H,7-8H2,1-2H3.